The van der Waals surface area contributed by atoms with Crippen molar-refractivity contribution in [1.82, 2.24) is 0 Å². The first-order chi connectivity index (χ1) is 23.3. The van der Waals surface area contributed by atoms with Crippen molar-refractivity contribution in [2.45, 2.75) is 200 Å². The molecule has 0 bridgehead atoms. The topological polar surface area (TPSA) is 128 Å². The Labute approximate surface area is 324 Å². The van der Waals surface area contributed by atoms with E-state index in [1.807, 2.05) is 0 Å². The van der Waals surface area contributed by atoms with E-state index >= 15 is 0 Å². The van der Waals surface area contributed by atoms with Gasteiger partial charge in [-0.2, -0.15) is 0 Å². The minimum absolute atomic E-state index is 0. The summed E-state index contributed by atoms with van der Waals surface area (Å²) >= 11 is 0. The number of unbranched alkanes of at least 4 members (excludes halogenated alkanes) is 23. The third-order valence-corrected chi connectivity index (χ3v) is 10.1. The molecule has 0 aromatic rings. The summed E-state index contributed by atoms with van der Waals surface area (Å²) in [5.74, 6) is -0.808. The van der Waals surface area contributed by atoms with Gasteiger partial charge in [0, 0.05) is 25.5 Å². The number of esters is 2. The van der Waals surface area contributed by atoms with E-state index in [4.69, 9.17) is 19.7 Å². The number of ether oxygens (including phenoxy) is 2. The molecule has 8 nitrogen and oxygen atoms in total. The maximum absolute atomic E-state index is 12.5. The molecule has 2 atom stereocenters. The van der Waals surface area contributed by atoms with Crippen LogP contribution < -0.4 is 40.2 Å². The molecule has 0 saturated heterocycles. The van der Waals surface area contributed by atoms with Crippen LogP contribution in [0, 0.1) is 0 Å². The second-order valence-corrected chi connectivity index (χ2v) is 15.5. The molecule has 284 valence electrons. The quantitative estimate of drug-likeness (QED) is 0.0230. The van der Waals surface area contributed by atoms with Crippen LogP contribution in [0.4, 0.5) is 0 Å². The van der Waals surface area contributed by atoms with E-state index in [9.17, 15) is 19.0 Å². The van der Waals surface area contributed by atoms with E-state index in [2.05, 4.69) is 26.0 Å². The van der Waals surface area contributed by atoms with Crippen molar-refractivity contribution in [2.75, 3.05) is 25.9 Å². The van der Waals surface area contributed by atoms with E-state index < -0.39 is 19.7 Å². The molecule has 2 unspecified atom stereocenters. The summed E-state index contributed by atoms with van der Waals surface area (Å²) in [6, 6.07) is 0. The minimum atomic E-state index is -4.15. The number of hydrogen-bond donors (Lipinski definition) is 1. The summed E-state index contributed by atoms with van der Waals surface area (Å²) in [7, 11) is -4.15. The minimum Gasteiger partial charge on any atom is -0.778 e. The molecule has 0 heterocycles. The molecule has 49 heavy (non-hydrogen) atoms. The van der Waals surface area contributed by atoms with Gasteiger partial charge in [-0.25, -0.2) is 0 Å². The molecule has 0 aliphatic heterocycles. The van der Waals surface area contributed by atoms with Crippen LogP contribution in [-0.2, 0) is 28.2 Å². The summed E-state index contributed by atoms with van der Waals surface area (Å²) in [5.41, 5.74) is 5.36. The van der Waals surface area contributed by atoms with Crippen LogP contribution in [0.15, 0.2) is 12.2 Å². The van der Waals surface area contributed by atoms with Crippen LogP contribution in [0.25, 0.3) is 0 Å². The first kappa shape index (κ1) is 50.9. The SMILES string of the molecule is CCCCCCCC/C=C\CCCCCCCC(=O)OCC(COP(=O)([O-])CCN)OC(=O)CCCCCCCCCCCCCCC.[Na+]. The van der Waals surface area contributed by atoms with Gasteiger partial charge < -0.3 is 29.2 Å². The van der Waals surface area contributed by atoms with Gasteiger partial charge in [0.15, 0.2) is 6.10 Å². The number of nitrogens with two attached hydrogens (primary N) is 1. The molecule has 2 N–H and O–H groups in total. The monoisotopic (exact) mass is 724 g/mol. The number of carbonyl (C=O) groups excluding carboxylic acids is 2. The van der Waals surface area contributed by atoms with Gasteiger partial charge in [0.2, 0.25) is 0 Å². The third-order valence-electron chi connectivity index (χ3n) is 8.72. The zero-order chi connectivity index (χ0) is 35.4. The van der Waals surface area contributed by atoms with Gasteiger partial charge in [0.1, 0.15) is 14.2 Å². The van der Waals surface area contributed by atoms with E-state index in [1.165, 1.54) is 109 Å². The van der Waals surface area contributed by atoms with Crippen LogP contribution in [0.5, 0.6) is 0 Å². The van der Waals surface area contributed by atoms with Crippen LogP contribution in [0.1, 0.15) is 194 Å². The Morgan fingerprint density at radius 3 is 1.43 bits per heavy atom. The predicted molar refractivity (Wildman–Crippen MR) is 198 cm³/mol. The summed E-state index contributed by atoms with van der Waals surface area (Å²) in [5, 5.41) is 0. The standard InChI is InChI=1S/C39H76NO7P.Na/c1-3-5-7-9-11-13-15-17-18-20-21-23-25-27-29-31-38(41)45-35-37(36-46-48(43,44)34-33-40)47-39(42)32-30-28-26-24-22-19-16-14-12-10-8-6-4-2;/h17-18,37H,3-16,19-36,40H2,1-2H3,(H,43,44);/q;+1/p-1/b18-17-;. The average molecular weight is 724 g/mol. The molecule has 0 rings (SSSR count). The Kier molecular flexibility index (Phi) is 40.5. The third kappa shape index (κ3) is 38.8. The van der Waals surface area contributed by atoms with Crippen molar-refractivity contribution in [3.63, 3.8) is 0 Å². The summed E-state index contributed by atoms with van der Waals surface area (Å²) in [4.78, 5) is 36.8. The molecule has 10 heteroatoms. The van der Waals surface area contributed by atoms with Crippen LogP contribution >= 0.6 is 7.60 Å². The largest absolute Gasteiger partial charge is 1.00 e. The van der Waals surface area contributed by atoms with E-state index in [-0.39, 0.29) is 74.3 Å². The van der Waals surface area contributed by atoms with Crippen molar-refractivity contribution < 1.29 is 62.6 Å². The fourth-order valence-corrected chi connectivity index (χ4v) is 6.50. The van der Waals surface area contributed by atoms with Gasteiger partial charge in [0.25, 0.3) is 0 Å². The smallest absolute Gasteiger partial charge is 0.778 e. The van der Waals surface area contributed by atoms with Gasteiger partial charge in [-0.05, 0) is 38.5 Å². The molecule has 0 saturated carbocycles. The number of rotatable bonds is 37. The Bertz CT molecular complexity index is 814. The Balaban J connectivity index is 0. The van der Waals surface area contributed by atoms with E-state index in [1.54, 1.807) is 0 Å². The van der Waals surface area contributed by atoms with Crippen molar-refractivity contribution in [1.29, 1.82) is 0 Å². The normalized spacial score (nSPS) is 13.2. The van der Waals surface area contributed by atoms with Crippen molar-refractivity contribution in [2.24, 2.45) is 5.73 Å². The van der Waals surface area contributed by atoms with Gasteiger partial charge in [-0.1, -0.05) is 154 Å². The van der Waals surface area contributed by atoms with Gasteiger partial charge in [-0.15, -0.1) is 0 Å². The molecule has 0 aliphatic rings. The van der Waals surface area contributed by atoms with Gasteiger partial charge >= 0.3 is 41.5 Å². The van der Waals surface area contributed by atoms with Gasteiger partial charge in [0.05, 0.1) is 6.61 Å². The van der Waals surface area contributed by atoms with Crippen molar-refractivity contribution in [3.8, 4) is 0 Å². The number of carbonyl (C=O) groups is 2. The molecule has 0 radical (unpaired) electrons. The summed E-state index contributed by atoms with van der Waals surface area (Å²) < 4.78 is 27.9. The average Bonchev–Trinajstić information content (AvgIpc) is 3.06. The molecule has 0 amide bonds. The fraction of sp³-hybridized carbons (Fsp3) is 0.897. The zero-order valence-corrected chi connectivity index (χ0v) is 35.1. The fourth-order valence-electron chi connectivity index (χ4n) is 5.67. The maximum Gasteiger partial charge on any atom is 1.00 e. The molecular formula is C39H75NNaO7P. The molecule has 0 spiro atoms. The second-order valence-electron chi connectivity index (χ2n) is 13.5. The predicted octanol–water partition coefficient (Wildman–Crippen LogP) is 7.49. The van der Waals surface area contributed by atoms with Crippen LogP contribution in [0.3, 0.4) is 0 Å². The number of hydrogen-bond acceptors (Lipinski definition) is 8. The van der Waals surface area contributed by atoms with Crippen LogP contribution in [0.2, 0.25) is 0 Å². The molecule has 0 aromatic heterocycles. The Morgan fingerprint density at radius 1 is 0.612 bits per heavy atom. The second kappa shape index (κ2) is 39.0. The molecule has 0 aromatic carbocycles. The van der Waals surface area contributed by atoms with E-state index in [0.717, 1.165) is 51.4 Å². The maximum atomic E-state index is 12.5. The van der Waals surface area contributed by atoms with Gasteiger partial charge in [-0.3, -0.25) is 9.59 Å². The Hall–Kier alpha value is -0.210. The van der Waals surface area contributed by atoms with E-state index in [0.29, 0.717) is 6.42 Å². The Morgan fingerprint density at radius 2 is 1.00 bits per heavy atom. The zero-order valence-electron chi connectivity index (χ0n) is 32.2. The summed E-state index contributed by atoms with van der Waals surface area (Å²) in [6.45, 7) is 3.83. The molecule has 0 fully saturated rings. The first-order valence-corrected chi connectivity index (χ1v) is 21.7. The van der Waals surface area contributed by atoms with Crippen molar-refractivity contribution in [3.05, 3.63) is 12.2 Å². The summed E-state index contributed by atoms with van der Waals surface area (Å²) in [6.07, 6.45) is 35.0. The first-order valence-electron chi connectivity index (χ1n) is 20.0. The number of allylic oxidation sites excluding steroid dienone is 2. The van der Waals surface area contributed by atoms with Crippen LogP contribution in [-0.4, -0.2) is 44.0 Å². The van der Waals surface area contributed by atoms with Crippen molar-refractivity contribution >= 4 is 19.5 Å². The molecule has 0 aliphatic carbocycles. The molecular weight excluding hydrogens is 648 g/mol.